The molecule has 3 rings (SSSR count). The van der Waals surface area contributed by atoms with Crippen LogP contribution in [0.15, 0.2) is 33.7 Å². The molecule has 22 heavy (non-hydrogen) atoms. The van der Waals surface area contributed by atoms with Crippen molar-refractivity contribution in [2.45, 2.75) is 38.1 Å². The third-order valence-electron chi connectivity index (χ3n) is 3.96. The predicted octanol–water partition coefficient (Wildman–Crippen LogP) is 6.00. The molecule has 1 aliphatic rings. The number of aromatic nitrogens is 1. The van der Waals surface area contributed by atoms with Crippen molar-refractivity contribution in [1.29, 1.82) is 0 Å². The van der Waals surface area contributed by atoms with Gasteiger partial charge in [-0.1, -0.05) is 42.7 Å². The van der Waals surface area contributed by atoms with Gasteiger partial charge in [-0.15, -0.1) is 0 Å². The van der Waals surface area contributed by atoms with E-state index >= 15 is 0 Å². The standard InChI is InChI=1S/C16H17BrN2OS2/c17-12-8-4-5-9-13(12)18-10-14-15(20)19(16(21)22-14)11-6-2-1-3-7-11/h4-5,8-11,20H,1-3,6-7H2. The zero-order valence-corrected chi connectivity index (χ0v) is 15.3. The summed E-state index contributed by atoms with van der Waals surface area (Å²) in [5.74, 6) is 0.262. The molecule has 0 amide bonds. The molecule has 1 aromatic heterocycles. The van der Waals surface area contributed by atoms with Gasteiger partial charge in [0.1, 0.15) is 4.88 Å². The Kier molecular flexibility index (Phi) is 5.10. The van der Waals surface area contributed by atoms with Crippen molar-refractivity contribution < 1.29 is 5.11 Å². The molecule has 0 saturated heterocycles. The highest BCUT2D eigenvalue weighted by Gasteiger charge is 2.21. The Morgan fingerprint density at radius 1 is 1.27 bits per heavy atom. The van der Waals surface area contributed by atoms with Crippen LogP contribution in [0.2, 0.25) is 0 Å². The van der Waals surface area contributed by atoms with Crippen LogP contribution in [0.3, 0.4) is 0 Å². The fourth-order valence-corrected chi connectivity index (χ4v) is 4.53. The Hall–Kier alpha value is -0.980. The number of hydrogen-bond donors (Lipinski definition) is 1. The van der Waals surface area contributed by atoms with E-state index in [-0.39, 0.29) is 5.88 Å². The summed E-state index contributed by atoms with van der Waals surface area (Å²) in [6.07, 6.45) is 7.60. The molecule has 2 aromatic rings. The van der Waals surface area contributed by atoms with E-state index in [1.54, 1.807) is 6.21 Å². The first kappa shape index (κ1) is 15.9. The second-order valence-corrected chi connectivity index (χ2v) is 7.96. The zero-order valence-electron chi connectivity index (χ0n) is 12.0. The fourth-order valence-electron chi connectivity index (χ4n) is 2.82. The molecule has 0 aliphatic heterocycles. The van der Waals surface area contributed by atoms with Crippen molar-refractivity contribution in [2.24, 2.45) is 4.99 Å². The largest absolute Gasteiger partial charge is 0.493 e. The summed E-state index contributed by atoms with van der Waals surface area (Å²) < 4.78 is 3.58. The highest BCUT2D eigenvalue weighted by molar-refractivity contribution is 9.10. The molecule has 0 atom stereocenters. The van der Waals surface area contributed by atoms with Gasteiger partial charge in [0, 0.05) is 10.5 Å². The summed E-state index contributed by atoms with van der Waals surface area (Å²) in [7, 11) is 0. The van der Waals surface area contributed by atoms with Gasteiger partial charge in [-0.3, -0.25) is 9.56 Å². The topological polar surface area (TPSA) is 37.5 Å². The summed E-state index contributed by atoms with van der Waals surface area (Å²) in [5.41, 5.74) is 0.838. The molecular weight excluding hydrogens is 380 g/mol. The first-order valence-electron chi connectivity index (χ1n) is 7.39. The summed E-state index contributed by atoms with van der Waals surface area (Å²) in [4.78, 5) is 5.18. The van der Waals surface area contributed by atoms with Crippen molar-refractivity contribution in [3.8, 4) is 5.88 Å². The molecule has 0 bridgehead atoms. The van der Waals surface area contributed by atoms with Crippen LogP contribution in [0.25, 0.3) is 0 Å². The lowest BCUT2D eigenvalue weighted by molar-refractivity contribution is 0.312. The number of thiazole rings is 1. The lowest BCUT2D eigenvalue weighted by atomic mass is 9.95. The van der Waals surface area contributed by atoms with Gasteiger partial charge in [0.2, 0.25) is 5.88 Å². The van der Waals surface area contributed by atoms with Gasteiger partial charge in [0.15, 0.2) is 3.95 Å². The number of benzene rings is 1. The SMILES string of the molecule is Oc1c(C=Nc2ccccc2Br)sc(=S)n1C1CCCCC1. The molecule has 1 fully saturated rings. The van der Waals surface area contributed by atoms with E-state index in [1.165, 1.54) is 30.6 Å². The predicted molar refractivity (Wildman–Crippen MR) is 98.3 cm³/mol. The molecule has 0 unspecified atom stereocenters. The smallest absolute Gasteiger partial charge is 0.212 e. The van der Waals surface area contributed by atoms with Crippen molar-refractivity contribution in [2.75, 3.05) is 0 Å². The molecule has 0 radical (unpaired) electrons. The number of nitrogens with zero attached hydrogens (tertiary/aromatic N) is 2. The number of para-hydroxylation sites is 1. The minimum Gasteiger partial charge on any atom is -0.493 e. The first-order chi connectivity index (χ1) is 10.7. The minimum absolute atomic E-state index is 0.262. The normalized spacial score (nSPS) is 16.4. The molecule has 0 spiro atoms. The number of hydrogen-bond acceptors (Lipinski definition) is 4. The van der Waals surface area contributed by atoms with E-state index in [2.05, 4.69) is 20.9 Å². The van der Waals surface area contributed by atoms with Gasteiger partial charge in [-0.25, -0.2) is 0 Å². The van der Waals surface area contributed by atoms with E-state index in [0.29, 0.717) is 6.04 Å². The van der Waals surface area contributed by atoms with Crippen LogP contribution in [0, 0.1) is 3.95 Å². The summed E-state index contributed by atoms with van der Waals surface area (Å²) in [6.45, 7) is 0. The van der Waals surface area contributed by atoms with Gasteiger partial charge >= 0.3 is 0 Å². The quantitative estimate of drug-likeness (QED) is 0.509. The van der Waals surface area contributed by atoms with Crippen molar-refractivity contribution in [1.82, 2.24) is 4.57 Å². The van der Waals surface area contributed by atoms with Crippen molar-refractivity contribution in [3.63, 3.8) is 0 Å². The number of aliphatic imine (C=N–C) groups is 1. The maximum absolute atomic E-state index is 10.5. The van der Waals surface area contributed by atoms with Gasteiger partial charge in [-0.2, -0.15) is 0 Å². The Bertz CT molecular complexity index is 745. The van der Waals surface area contributed by atoms with E-state index in [1.807, 2.05) is 28.8 Å². The van der Waals surface area contributed by atoms with Crippen LogP contribution >= 0.6 is 39.5 Å². The highest BCUT2D eigenvalue weighted by Crippen LogP contribution is 2.36. The lowest BCUT2D eigenvalue weighted by Crippen LogP contribution is -2.12. The third kappa shape index (κ3) is 3.34. The van der Waals surface area contributed by atoms with Gasteiger partial charge in [0.25, 0.3) is 0 Å². The molecule has 1 aliphatic carbocycles. The maximum Gasteiger partial charge on any atom is 0.212 e. The average molecular weight is 397 g/mol. The molecule has 1 saturated carbocycles. The Morgan fingerprint density at radius 2 is 2.00 bits per heavy atom. The van der Waals surface area contributed by atoms with Gasteiger partial charge in [0.05, 0.1) is 11.9 Å². The Morgan fingerprint density at radius 3 is 2.73 bits per heavy atom. The van der Waals surface area contributed by atoms with E-state index < -0.39 is 0 Å². The van der Waals surface area contributed by atoms with Crippen molar-refractivity contribution in [3.05, 3.63) is 37.6 Å². The van der Waals surface area contributed by atoms with E-state index in [9.17, 15) is 5.11 Å². The molecule has 3 nitrogen and oxygen atoms in total. The number of aromatic hydroxyl groups is 1. The van der Waals surface area contributed by atoms with Gasteiger partial charge < -0.3 is 5.11 Å². The van der Waals surface area contributed by atoms with Crippen LogP contribution in [-0.2, 0) is 0 Å². The zero-order chi connectivity index (χ0) is 15.5. The van der Waals surface area contributed by atoms with Crippen molar-refractivity contribution >= 4 is 51.4 Å². The summed E-state index contributed by atoms with van der Waals surface area (Å²) in [5, 5.41) is 10.5. The Balaban J connectivity index is 1.89. The Labute approximate surface area is 147 Å². The summed E-state index contributed by atoms with van der Waals surface area (Å²) in [6, 6.07) is 8.09. The molecule has 1 heterocycles. The third-order valence-corrected chi connectivity index (χ3v) is 5.95. The lowest BCUT2D eigenvalue weighted by Gasteiger charge is -2.23. The highest BCUT2D eigenvalue weighted by atomic mass is 79.9. The van der Waals surface area contributed by atoms with Crippen LogP contribution < -0.4 is 0 Å². The number of rotatable bonds is 3. The first-order valence-corrected chi connectivity index (χ1v) is 9.41. The average Bonchev–Trinajstić information content (AvgIpc) is 2.81. The van der Waals surface area contributed by atoms with Gasteiger partial charge in [-0.05, 0) is 53.1 Å². The molecule has 116 valence electrons. The van der Waals surface area contributed by atoms with Crippen LogP contribution in [0.1, 0.15) is 43.0 Å². The van der Waals surface area contributed by atoms with Crippen LogP contribution in [-0.4, -0.2) is 15.9 Å². The molecule has 1 N–H and O–H groups in total. The van der Waals surface area contributed by atoms with Crippen LogP contribution in [0.5, 0.6) is 5.88 Å². The monoisotopic (exact) mass is 396 g/mol. The fraction of sp³-hybridized carbons (Fsp3) is 0.375. The minimum atomic E-state index is 0.262. The van der Waals surface area contributed by atoms with E-state index in [0.717, 1.165) is 31.8 Å². The maximum atomic E-state index is 10.5. The molecule has 1 aromatic carbocycles. The van der Waals surface area contributed by atoms with Crippen LogP contribution in [0.4, 0.5) is 5.69 Å². The second kappa shape index (κ2) is 7.06. The van der Waals surface area contributed by atoms with E-state index in [4.69, 9.17) is 12.2 Å². The number of halogens is 1. The molecular formula is C16H17BrN2OS2. The molecule has 6 heteroatoms. The second-order valence-electron chi connectivity index (χ2n) is 5.43. The summed E-state index contributed by atoms with van der Waals surface area (Å²) >= 11 is 10.3.